The van der Waals surface area contributed by atoms with Gasteiger partial charge in [-0.2, -0.15) is 0 Å². The summed E-state index contributed by atoms with van der Waals surface area (Å²) in [5, 5.41) is 2.68. The average molecular weight is 478 g/mol. The van der Waals surface area contributed by atoms with E-state index in [4.69, 9.17) is 4.42 Å². The molecule has 0 unspecified atom stereocenters. The van der Waals surface area contributed by atoms with Crippen molar-refractivity contribution in [3.05, 3.63) is 78.3 Å². The third-order valence-electron chi connectivity index (χ3n) is 4.33. The SMILES string of the molecule is CCCS(=O)(=O)Nc1ccc(NC(=O)c2ccc(S(=O)(=O)NCc3ccco3)cc2)cc1. The van der Waals surface area contributed by atoms with Crippen LogP contribution in [0.2, 0.25) is 0 Å². The molecule has 1 amide bonds. The zero-order valence-electron chi connectivity index (χ0n) is 17.2. The number of hydrogen-bond acceptors (Lipinski definition) is 6. The van der Waals surface area contributed by atoms with Crippen LogP contribution in [0.4, 0.5) is 11.4 Å². The highest BCUT2D eigenvalue weighted by molar-refractivity contribution is 7.92. The molecule has 0 radical (unpaired) electrons. The van der Waals surface area contributed by atoms with Crippen LogP contribution < -0.4 is 14.8 Å². The van der Waals surface area contributed by atoms with Crippen molar-refractivity contribution in [2.45, 2.75) is 24.8 Å². The summed E-state index contributed by atoms with van der Waals surface area (Å²) < 4.78 is 58.4. The summed E-state index contributed by atoms with van der Waals surface area (Å²) in [6.45, 7) is 1.79. The number of sulfonamides is 2. The molecule has 2 aromatic carbocycles. The Hall–Kier alpha value is -3.15. The van der Waals surface area contributed by atoms with Crippen LogP contribution in [0.3, 0.4) is 0 Å². The molecular formula is C21H23N3O6S2. The monoisotopic (exact) mass is 477 g/mol. The van der Waals surface area contributed by atoms with Gasteiger partial charge in [-0.25, -0.2) is 21.6 Å². The Labute approximate surface area is 186 Å². The molecule has 0 aliphatic carbocycles. The smallest absolute Gasteiger partial charge is 0.255 e. The molecule has 0 fully saturated rings. The van der Waals surface area contributed by atoms with Crippen LogP contribution in [0.25, 0.3) is 0 Å². The van der Waals surface area contributed by atoms with E-state index in [9.17, 15) is 21.6 Å². The van der Waals surface area contributed by atoms with E-state index < -0.39 is 26.0 Å². The molecule has 0 saturated heterocycles. The zero-order valence-corrected chi connectivity index (χ0v) is 18.9. The molecule has 0 saturated carbocycles. The summed E-state index contributed by atoms with van der Waals surface area (Å²) in [4.78, 5) is 12.5. The quantitative estimate of drug-likeness (QED) is 0.411. The second kappa shape index (κ2) is 9.98. The van der Waals surface area contributed by atoms with Crippen LogP contribution in [0, 0.1) is 0 Å². The first-order valence-corrected chi connectivity index (χ1v) is 12.9. The van der Waals surface area contributed by atoms with E-state index in [0.717, 1.165) is 0 Å². The van der Waals surface area contributed by atoms with Gasteiger partial charge in [-0.3, -0.25) is 9.52 Å². The molecule has 0 aliphatic rings. The van der Waals surface area contributed by atoms with E-state index in [2.05, 4.69) is 14.8 Å². The Morgan fingerprint density at radius 3 is 2.16 bits per heavy atom. The van der Waals surface area contributed by atoms with Gasteiger partial charge in [0.05, 0.1) is 23.5 Å². The van der Waals surface area contributed by atoms with Gasteiger partial charge in [-0.1, -0.05) is 6.92 Å². The van der Waals surface area contributed by atoms with Gasteiger partial charge in [0.15, 0.2) is 0 Å². The van der Waals surface area contributed by atoms with Gasteiger partial charge in [-0.05, 0) is 67.1 Å². The fourth-order valence-electron chi connectivity index (χ4n) is 2.77. The first-order chi connectivity index (χ1) is 15.2. The average Bonchev–Trinajstić information content (AvgIpc) is 3.27. The van der Waals surface area contributed by atoms with Crippen molar-refractivity contribution in [2.24, 2.45) is 0 Å². The number of carbonyl (C=O) groups excluding carboxylic acids is 1. The van der Waals surface area contributed by atoms with Crippen LogP contribution >= 0.6 is 0 Å². The van der Waals surface area contributed by atoms with Crippen LogP contribution in [-0.4, -0.2) is 28.5 Å². The Morgan fingerprint density at radius 2 is 1.56 bits per heavy atom. The summed E-state index contributed by atoms with van der Waals surface area (Å²) in [5.41, 5.74) is 1.13. The minimum absolute atomic E-state index is 0.0160. The molecule has 0 bridgehead atoms. The molecule has 3 aromatic rings. The Balaban J connectivity index is 1.61. The van der Waals surface area contributed by atoms with Crippen molar-refractivity contribution in [1.82, 2.24) is 4.72 Å². The number of rotatable bonds is 10. The van der Waals surface area contributed by atoms with Crippen molar-refractivity contribution >= 4 is 37.3 Å². The second-order valence-electron chi connectivity index (χ2n) is 6.88. The number of nitrogens with one attached hydrogen (secondary N) is 3. The van der Waals surface area contributed by atoms with E-state index in [1.54, 1.807) is 43.3 Å². The normalized spacial score (nSPS) is 11.8. The van der Waals surface area contributed by atoms with Crippen LogP contribution in [0.15, 0.2) is 76.2 Å². The standard InChI is InChI=1S/C21H23N3O6S2/c1-2-14-31(26,27)24-18-9-7-17(8-10-18)23-21(25)16-5-11-20(12-6-16)32(28,29)22-15-19-4-3-13-30-19/h3-13,22,24H,2,14-15H2,1H3,(H,23,25). The summed E-state index contributed by atoms with van der Waals surface area (Å²) in [7, 11) is -7.15. The Kier molecular flexibility index (Phi) is 7.33. The molecule has 11 heteroatoms. The predicted octanol–water partition coefficient (Wildman–Crippen LogP) is 3.16. The lowest BCUT2D eigenvalue weighted by molar-refractivity contribution is 0.102. The lowest BCUT2D eigenvalue weighted by Gasteiger charge is -2.10. The zero-order chi connectivity index (χ0) is 23.2. The molecule has 1 heterocycles. The van der Waals surface area contributed by atoms with Crippen molar-refractivity contribution in [3.63, 3.8) is 0 Å². The highest BCUT2D eigenvalue weighted by atomic mass is 32.2. The maximum atomic E-state index is 12.5. The summed E-state index contributed by atoms with van der Waals surface area (Å²) in [6, 6.07) is 15.0. The van der Waals surface area contributed by atoms with Crippen LogP contribution in [0.1, 0.15) is 29.5 Å². The number of hydrogen-bond donors (Lipinski definition) is 3. The van der Waals surface area contributed by atoms with Crippen molar-refractivity contribution < 1.29 is 26.0 Å². The van der Waals surface area contributed by atoms with Gasteiger partial charge >= 0.3 is 0 Å². The van der Waals surface area contributed by atoms with Gasteiger partial charge in [-0.15, -0.1) is 0 Å². The Morgan fingerprint density at radius 1 is 0.906 bits per heavy atom. The Bertz CT molecular complexity index is 1250. The van der Waals surface area contributed by atoms with E-state index in [-0.39, 0.29) is 22.8 Å². The molecule has 3 N–H and O–H groups in total. The fraction of sp³-hybridized carbons (Fsp3) is 0.190. The summed E-state index contributed by atoms with van der Waals surface area (Å²) in [6.07, 6.45) is 1.96. The minimum Gasteiger partial charge on any atom is -0.468 e. The van der Waals surface area contributed by atoms with Gasteiger partial charge in [0.2, 0.25) is 20.0 Å². The van der Waals surface area contributed by atoms with Gasteiger partial charge in [0.1, 0.15) is 5.76 Å². The molecular weight excluding hydrogens is 454 g/mol. The van der Waals surface area contributed by atoms with Crippen LogP contribution in [-0.2, 0) is 26.6 Å². The summed E-state index contributed by atoms with van der Waals surface area (Å²) >= 11 is 0. The lowest BCUT2D eigenvalue weighted by Crippen LogP contribution is -2.23. The maximum absolute atomic E-state index is 12.5. The second-order valence-corrected chi connectivity index (χ2v) is 10.5. The van der Waals surface area contributed by atoms with Crippen molar-refractivity contribution in [3.8, 4) is 0 Å². The number of benzene rings is 2. The first kappa shape index (κ1) is 23.5. The van der Waals surface area contributed by atoms with E-state index in [0.29, 0.717) is 23.6 Å². The maximum Gasteiger partial charge on any atom is 0.255 e. The van der Waals surface area contributed by atoms with Crippen molar-refractivity contribution in [2.75, 3.05) is 15.8 Å². The lowest BCUT2D eigenvalue weighted by atomic mass is 10.2. The van der Waals surface area contributed by atoms with E-state index in [1.807, 2.05) is 0 Å². The summed E-state index contributed by atoms with van der Waals surface area (Å²) in [5.74, 6) is 0.0702. The third kappa shape index (κ3) is 6.42. The van der Waals surface area contributed by atoms with Gasteiger partial charge < -0.3 is 9.73 Å². The van der Waals surface area contributed by atoms with E-state index >= 15 is 0 Å². The van der Waals surface area contributed by atoms with Crippen LogP contribution in [0.5, 0.6) is 0 Å². The number of anilines is 2. The first-order valence-electron chi connectivity index (χ1n) is 9.72. The number of furan rings is 1. The highest BCUT2D eigenvalue weighted by Gasteiger charge is 2.16. The van der Waals surface area contributed by atoms with Gasteiger partial charge in [0, 0.05) is 16.9 Å². The highest BCUT2D eigenvalue weighted by Crippen LogP contribution is 2.17. The third-order valence-corrected chi connectivity index (χ3v) is 7.24. The van der Waals surface area contributed by atoms with Crippen molar-refractivity contribution in [1.29, 1.82) is 0 Å². The molecule has 0 aliphatic heterocycles. The van der Waals surface area contributed by atoms with E-state index in [1.165, 1.54) is 30.5 Å². The molecule has 170 valence electrons. The fourth-order valence-corrected chi connectivity index (χ4v) is 4.90. The molecule has 1 aromatic heterocycles. The molecule has 3 rings (SSSR count). The minimum atomic E-state index is -3.76. The molecule has 32 heavy (non-hydrogen) atoms. The largest absolute Gasteiger partial charge is 0.468 e. The van der Waals surface area contributed by atoms with Gasteiger partial charge in [0.25, 0.3) is 5.91 Å². The predicted molar refractivity (Wildman–Crippen MR) is 121 cm³/mol. The molecule has 0 atom stereocenters. The topological polar surface area (TPSA) is 135 Å². The number of amides is 1. The number of carbonyl (C=O) groups is 1. The molecule has 0 spiro atoms. The molecule has 9 nitrogen and oxygen atoms in total.